The van der Waals surface area contributed by atoms with E-state index in [0.29, 0.717) is 16.5 Å². The number of rotatable bonds is 2. The third-order valence-corrected chi connectivity index (χ3v) is 4.65. The minimum atomic E-state index is -0.328. The minimum Gasteiger partial charge on any atom is -0.361 e. The lowest BCUT2D eigenvalue weighted by Gasteiger charge is -2.07. The van der Waals surface area contributed by atoms with E-state index < -0.39 is 0 Å². The number of fused-ring (bicyclic) bond motifs is 4. The quantitative estimate of drug-likeness (QED) is 0.450. The number of amides is 1. The molecule has 0 bridgehead atoms. The molecule has 1 amide bonds. The molecular weight excluding hydrogens is 340 g/mol. The zero-order valence-corrected chi connectivity index (χ0v) is 14.1. The Morgan fingerprint density at radius 1 is 0.963 bits per heavy atom. The molecular formula is C21H14N4O2. The molecule has 3 aromatic carbocycles. The van der Waals surface area contributed by atoms with Crippen molar-refractivity contribution >= 4 is 44.4 Å². The summed E-state index contributed by atoms with van der Waals surface area (Å²) in [5.74, 6) is -0.202. The van der Waals surface area contributed by atoms with Crippen molar-refractivity contribution < 1.29 is 4.79 Å². The Kier molecular flexibility index (Phi) is 3.30. The molecule has 0 aliphatic rings. The first-order valence-corrected chi connectivity index (χ1v) is 8.49. The third-order valence-electron chi connectivity index (χ3n) is 4.65. The van der Waals surface area contributed by atoms with Crippen LogP contribution in [0.15, 0.2) is 71.7 Å². The van der Waals surface area contributed by atoms with E-state index in [9.17, 15) is 9.59 Å². The van der Waals surface area contributed by atoms with Gasteiger partial charge < -0.3 is 4.98 Å². The van der Waals surface area contributed by atoms with E-state index in [0.717, 1.165) is 21.7 Å². The molecule has 6 heteroatoms. The molecule has 6 nitrogen and oxygen atoms in total. The van der Waals surface area contributed by atoms with Crippen LogP contribution in [-0.4, -0.2) is 20.9 Å². The lowest BCUT2D eigenvalue weighted by molar-refractivity contribution is 0.102. The summed E-state index contributed by atoms with van der Waals surface area (Å²) in [6, 6.07) is 18.7. The Morgan fingerprint density at radius 2 is 1.81 bits per heavy atom. The van der Waals surface area contributed by atoms with Gasteiger partial charge in [0.1, 0.15) is 0 Å². The second kappa shape index (κ2) is 5.81. The molecule has 0 atom stereocenters. The van der Waals surface area contributed by atoms with E-state index in [1.807, 2.05) is 48.5 Å². The van der Waals surface area contributed by atoms with Crippen LogP contribution in [0.1, 0.15) is 10.4 Å². The summed E-state index contributed by atoms with van der Waals surface area (Å²) < 4.78 is 0. The van der Waals surface area contributed by atoms with E-state index in [4.69, 9.17) is 0 Å². The van der Waals surface area contributed by atoms with Gasteiger partial charge in [-0.2, -0.15) is 0 Å². The number of hydrogen-bond donors (Lipinski definition) is 3. The summed E-state index contributed by atoms with van der Waals surface area (Å²) in [7, 11) is 0. The SMILES string of the molecule is O=C(Nc1nc2ccc3[nH]ccc3c2c(=O)[nH]1)c1ccc2ccccc2c1. The van der Waals surface area contributed by atoms with Gasteiger partial charge in [-0.15, -0.1) is 0 Å². The summed E-state index contributed by atoms with van der Waals surface area (Å²) in [6.07, 6.45) is 1.78. The van der Waals surface area contributed by atoms with Crippen molar-refractivity contribution in [1.82, 2.24) is 15.0 Å². The molecule has 2 heterocycles. The van der Waals surface area contributed by atoms with Gasteiger partial charge in [0.2, 0.25) is 5.95 Å². The Bertz CT molecular complexity index is 1400. The number of carbonyl (C=O) groups is 1. The molecule has 0 aliphatic carbocycles. The van der Waals surface area contributed by atoms with Gasteiger partial charge >= 0.3 is 0 Å². The van der Waals surface area contributed by atoms with Crippen molar-refractivity contribution in [3.8, 4) is 0 Å². The van der Waals surface area contributed by atoms with Gasteiger partial charge in [0.05, 0.1) is 10.9 Å². The average Bonchev–Trinajstić information content (AvgIpc) is 3.16. The summed E-state index contributed by atoms with van der Waals surface area (Å²) >= 11 is 0. The molecule has 130 valence electrons. The molecule has 5 aromatic rings. The molecule has 3 N–H and O–H groups in total. The van der Waals surface area contributed by atoms with E-state index in [-0.39, 0.29) is 17.4 Å². The van der Waals surface area contributed by atoms with Gasteiger partial charge in [0.15, 0.2) is 0 Å². The Hall–Kier alpha value is -3.93. The summed E-state index contributed by atoms with van der Waals surface area (Å²) in [6.45, 7) is 0. The number of benzene rings is 3. The average molecular weight is 354 g/mol. The van der Waals surface area contributed by atoms with Crippen molar-refractivity contribution in [3.63, 3.8) is 0 Å². The molecule has 0 radical (unpaired) electrons. The van der Waals surface area contributed by atoms with Crippen molar-refractivity contribution in [3.05, 3.63) is 82.8 Å². The number of hydrogen-bond acceptors (Lipinski definition) is 3. The molecule has 5 rings (SSSR count). The predicted octanol–water partition coefficient (Wildman–Crippen LogP) is 3.81. The van der Waals surface area contributed by atoms with Crippen molar-refractivity contribution in [2.24, 2.45) is 0 Å². The Labute approximate surface area is 152 Å². The molecule has 0 fully saturated rings. The maximum absolute atomic E-state index is 12.6. The Balaban J connectivity index is 1.54. The van der Waals surface area contributed by atoms with Crippen LogP contribution in [0, 0.1) is 0 Å². The highest BCUT2D eigenvalue weighted by Crippen LogP contribution is 2.21. The van der Waals surface area contributed by atoms with Crippen molar-refractivity contribution in [1.29, 1.82) is 0 Å². The zero-order chi connectivity index (χ0) is 18.4. The van der Waals surface area contributed by atoms with Crippen LogP contribution in [0.25, 0.3) is 32.6 Å². The van der Waals surface area contributed by atoms with Crippen molar-refractivity contribution in [2.45, 2.75) is 0 Å². The van der Waals surface area contributed by atoms with Crippen LogP contribution in [0.4, 0.5) is 5.95 Å². The van der Waals surface area contributed by atoms with E-state index in [1.54, 1.807) is 18.3 Å². The van der Waals surface area contributed by atoms with E-state index in [2.05, 4.69) is 20.3 Å². The summed E-state index contributed by atoms with van der Waals surface area (Å²) in [4.78, 5) is 35.3. The lowest BCUT2D eigenvalue weighted by Crippen LogP contribution is -2.18. The number of nitrogens with zero attached hydrogens (tertiary/aromatic N) is 1. The van der Waals surface area contributed by atoms with Gasteiger partial charge in [-0.05, 0) is 41.1 Å². The maximum Gasteiger partial charge on any atom is 0.260 e. The first-order valence-electron chi connectivity index (χ1n) is 8.49. The molecule has 0 saturated heterocycles. The van der Waals surface area contributed by atoms with Crippen LogP contribution in [0.3, 0.4) is 0 Å². The fourth-order valence-corrected chi connectivity index (χ4v) is 3.34. The van der Waals surface area contributed by atoms with E-state index >= 15 is 0 Å². The van der Waals surface area contributed by atoms with Crippen LogP contribution in [-0.2, 0) is 0 Å². The highest BCUT2D eigenvalue weighted by atomic mass is 16.2. The third kappa shape index (κ3) is 2.55. The van der Waals surface area contributed by atoms with Crippen LogP contribution >= 0.6 is 0 Å². The zero-order valence-electron chi connectivity index (χ0n) is 14.1. The normalized spacial score (nSPS) is 11.3. The Morgan fingerprint density at radius 3 is 2.70 bits per heavy atom. The predicted molar refractivity (Wildman–Crippen MR) is 106 cm³/mol. The van der Waals surface area contributed by atoms with E-state index in [1.165, 1.54) is 0 Å². The summed E-state index contributed by atoms with van der Waals surface area (Å²) in [5.41, 5.74) is 1.60. The summed E-state index contributed by atoms with van der Waals surface area (Å²) in [5, 5.41) is 6.01. The molecule has 0 saturated carbocycles. The van der Waals surface area contributed by atoms with Crippen LogP contribution in [0.2, 0.25) is 0 Å². The fraction of sp³-hybridized carbons (Fsp3) is 0. The number of aromatic amines is 2. The number of H-pyrrole nitrogens is 2. The first kappa shape index (κ1) is 15.3. The van der Waals surface area contributed by atoms with Gasteiger partial charge in [-0.1, -0.05) is 30.3 Å². The molecule has 0 unspecified atom stereocenters. The van der Waals surface area contributed by atoms with Gasteiger partial charge in [0, 0.05) is 22.7 Å². The second-order valence-electron chi connectivity index (χ2n) is 6.33. The number of anilines is 1. The monoisotopic (exact) mass is 354 g/mol. The fourth-order valence-electron chi connectivity index (χ4n) is 3.34. The molecule has 0 aliphatic heterocycles. The van der Waals surface area contributed by atoms with Crippen molar-refractivity contribution in [2.75, 3.05) is 5.32 Å². The largest absolute Gasteiger partial charge is 0.361 e. The number of nitrogens with one attached hydrogen (secondary N) is 3. The smallest absolute Gasteiger partial charge is 0.260 e. The number of aromatic nitrogens is 3. The lowest BCUT2D eigenvalue weighted by atomic mass is 10.1. The molecule has 27 heavy (non-hydrogen) atoms. The standard InChI is InChI=1S/C21H14N4O2/c26-19(14-6-5-12-3-1-2-4-13(12)11-14)24-21-23-17-8-7-16-15(9-10-22-16)18(17)20(27)25-21/h1-11,22H,(H2,23,24,25,26,27). The second-order valence-corrected chi connectivity index (χ2v) is 6.33. The maximum atomic E-state index is 12.6. The first-order chi connectivity index (χ1) is 13.2. The molecule has 2 aromatic heterocycles. The number of carbonyl (C=O) groups excluding carboxylic acids is 1. The highest BCUT2D eigenvalue weighted by molar-refractivity contribution is 6.07. The van der Waals surface area contributed by atoms with Gasteiger partial charge in [-0.3, -0.25) is 19.9 Å². The molecule has 0 spiro atoms. The topological polar surface area (TPSA) is 90.6 Å². The van der Waals surface area contributed by atoms with Crippen LogP contribution in [0.5, 0.6) is 0 Å². The van der Waals surface area contributed by atoms with Crippen LogP contribution < -0.4 is 10.9 Å². The minimum absolute atomic E-state index is 0.126. The van der Waals surface area contributed by atoms with Gasteiger partial charge in [-0.25, -0.2) is 4.98 Å². The highest BCUT2D eigenvalue weighted by Gasteiger charge is 2.12. The van der Waals surface area contributed by atoms with Gasteiger partial charge in [0.25, 0.3) is 11.5 Å².